The lowest BCUT2D eigenvalue weighted by Crippen LogP contribution is -2.44. The molecule has 1 aliphatic heterocycles. The Kier molecular flexibility index (Phi) is 5.80. The number of anilines is 1. The molecule has 0 unspecified atom stereocenters. The fourth-order valence-corrected chi connectivity index (χ4v) is 5.98. The predicted octanol–water partition coefficient (Wildman–Crippen LogP) is 6.83. The summed E-state index contributed by atoms with van der Waals surface area (Å²) in [6.45, 7) is 3.71. The molecule has 1 aliphatic rings. The Morgan fingerprint density at radius 1 is 0.971 bits per heavy atom. The molecule has 0 saturated carbocycles. The Balaban J connectivity index is 1.59. The van der Waals surface area contributed by atoms with Gasteiger partial charge in [-0.2, -0.15) is 0 Å². The molecule has 5 nitrogen and oxygen atoms in total. The van der Waals surface area contributed by atoms with Crippen molar-refractivity contribution in [2.24, 2.45) is 0 Å². The average molecular weight is 554 g/mol. The van der Waals surface area contributed by atoms with Crippen LogP contribution in [0.1, 0.15) is 41.5 Å². The minimum Gasteiger partial charge on any atom is -0.289 e. The van der Waals surface area contributed by atoms with E-state index in [-0.39, 0.29) is 12.6 Å². The van der Waals surface area contributed by atoms with Gasteiger partial charge in [-0.15, -0.1) is 11.3 Å². The number of amides is 3. The monoisotopic (exact) mass is 552 g/mol. The second kappa shape index (κ2) is 8.65. The summed E-state index contributed by atoms with van der Waals surface area (Å²) in [6.07, 6.45) is 0. The summed E-state index contributed by atoms with van der Waals surface area (Å²) in [7, 11) is 0. The summed E-state index contributed by atoms with van der Waals surface area (Å²) in [5.41, 5.74) is 3.32. The lowest BCUT2D eigenvalue weighted by Gasteiger charge is -2.27. The highest BCUT2D eigenvalue weighted by molar-refractivity contribution is 9.10. The van der Waals surface area contributed by atoms with Gasteiger partial charge < -0.3 is 0 Å². The number of halogens is 2. The van der Waals surface area contributed by atoms with Gasteiger partial charge in [0, 0.05) is 20.2 Å². The van der Waals surface area contributed by atoms with Crippen molar-refractivity contribution in [2.75, 3.05) is 11.6 Å². The molecule has 0 fully saturated rings. The van der Waals surface area contributed by atoms with Crippen molar-refractivity contribution >= 4 is 72.4 Å². The topological polar surface area (TPSA) is 57.7 Å². The van der Waals surface area contributed by atoms with Crippen LogP contribution in [-0.4, -0.2) is 29.3 Å². The van der Waals surface area contributed by atoms with Gasteiger partial charge in [0.1, 0.15) is 11.5 Å². The maximum Gasteiger partial charge on any atom is 0.271 e. The van der Waals surface area contributed by atoms with Crippen LogP contribution in [0.2, 0.25) is 5.02 Å². The molecule has 0 aliphatic carbocycles. The van der Waals surface area contributed by atoms with E-state index < -0.39 is 11.8 Å². The van der Waals surface area contributed by atoms with Crippen LogP contribution < -0.4 is 4.90 Å². The smallest absolute Gasteiger partial charge is 0.271 e. The standard InChI is InChI=1S/C26H18BrClN2O3S/c1-14-7-9-17(11-15(14)2)29(13-30-24(31)18-5-3-4-6-19(18)25(30)32)26(33)23-22(28)20-10-8-16(27)12-21(20)34-23/h3-12H,13H2,1-2H3. The third-order valence-corrected chi connectivity index (χ3v) is 8.13. The Morgan fingerprint density at radius 2 is 1.65 bits per heavy atom. The van der Waals surface area contributed by atoms with Gasteiger partial charge in [-0.05, 0) is 61.4 Å². The third kappa shape index (κ3) is 3.74. The molecule has 2 heterocycles. The second-order valence-corrected chi connectivity index (χ2v) is 10.5. The quantitative estimate of drug-likeness (QED) is 0.260. The zero-order chi connectivity index (χ0) is 24.1. The molecule has 8 heteroatoms. The number of nitrogens with zero attached hydrogens (tertiary/aromatic N) is 2. The van der Waals surface area contributed by atoms with E-state index >= 15 is 0 Å². The summed E-state index contributed by atoms with van der Waals surface area (Å²) in [5, 5.41) is 1.13. The summed E-state index contributed by atoms with van der Waals surface area (Å²) in [6, 6.07) is 17.9. The highest BCUT2D eigenvalue weighted by atomic mass is 79.9. The molecule has 0 saturated heterocycles. The number of aryl methyl sites for hydroxylation is 2. The highest BCUT2D eigenvalue weighted by Crippen LogP contribution is 2.38. The van der Waals surface area contributed by atoms with E-state index in [4.69, 9.17) is 11.6 Å². The number of fused-ring (bicyclic) bond motifs is 2. The van der Waals surface area contributed by atoms with Crippen LogP contribution in [0.4, 0.5) is 5.69 Å². The number of hydrogen-bond donors (Lipinski definition) is 0. The Labute approximate surface area is 213 Å². The van der Waals surface area contributed by atoms with Crippen LogP contribution in [0, 0.1) is 13.8 Å². The van der Waals surface area contributed by atoms with E-state index in [1.807, 2.05) is 50.2 Å². The first-order valence-electron chi connectivity index (χ1n) is 10.5. The Hall–Kier alpha value is -3.00. The van der Waals surface area contributed by atoms with Crippen LogP contribution >= 0.6 is 38.9 Å². The Bertz CT molecular complexity index is 1480. The van der Waals surface area contributed by atoms with Gasteiger partial charge in [0.15, 0.2) is 0 Å². The first-order valence-corrected chi connectivity index (χ1v) is 12.5. The van der Waals surface area contributed by atoms with Crippen LogP contribution in [0.3, 0.4) is 0 Å². The van der Waals surface area contributed by atoms with Crippen LogP contribution in [0.25, 0.3) is 10.1 Å². The molecule has 0 atom stereocenters. The summed E-state index contributed by atoms with van der Waals surface area (Å²) in [4.78, 5) is 42.9. The molecule has 3 aromatic carbocycles. The summed E-state index contributed by atoms with van der Waals surface area (Å²) < 4.78 is 1.75. The Morgan fingerprint density at radius 3 is 2.29 bits per heavy atom. The predicted molar refractivity (Wildman–Crippen MR) is 139 cm³/mol. The number of carbonyl (C=O) groups excluding carboxylic acids is 3. The molecular weight excluding hydrogens is 536 g/mol. The molecule has 34 heavy (non-hydrogen) atoms. The minimum atomic E-state index is -0.423. The SMILES string of the molecule is Cc1ccc(N(CN2C(=O)c3ccccc3C2=O)C(=O)c2sc3cc(Br)ccc3c2Cl)cc1C. The number of thiophene rings is 1. The van der Waals surface area contributed by atoms with Crippen molar-refractivity contribution in [2.45, 2.75) is 13.8 Å². The van der Waals surface area contributed by atoms with Gasteiger partial charge >= 0.3 is 0 Å². The third-order valence-electron chi connectivity index (χ3n) is 5.99. The molecule has 0 N–H and O–H groups in total. The fourth-order valence-electron chi connectivity index (χ4n) is 3.96. The van der Waals surface area contributed by atoms with Gasteiger partial charge in [0.25, 0.3) is 17.7 Å². The molecule has 4 aromatic rings. The van der Waals surface area contributed by atoms with Gasteiger partial charge in [-0.3, -0.25) is 24.2 Å². The van der Waals surface area contributed by atoms with Gasteiger partial charge in [0.05, 0.1) is 16.1 Å². The average Bonchev–Trinajstić information content (AvgIpc) is 3.27. The zero-order valence-corrected chi connectivity index (χ0v) is 21.4. The zero-order valence-electron chi connectivity index (χ0n) is 18.3. The summed E-state index contributed by atoms with van der Waals surface area (Å²) >= 11 is 11.4. The van der Waals surface area contributed by atoms with E-state index in [0.717, 1.165) is 30.6 Å². The molecule has 0 radical (unpaired) electrons. The molecule has 170 valence electrons. The number of carbonyl (C=O) groups is 3. The fraction of sp³-hybridized carbons (Fsp3) is 0.115. The van der Waals surface area contributed by atoms with E-state index in [1.165, 1.54) is 16.2 Å². The molecular formula is C26H18BrClN2O3S. The molecule has 5 rings (SSSR count). The largest absolute Gasteiger partial charge is 0.289 e. The highest BCUT2D eigenvalue weighted by Gasteiger charge is 2.38. The molecule has 3 amide bonds. The minimum absolute atomic E-state index is 0.220. The number of imide groups is 1. The number of benzene rings is 3. The first-order chi connectivity index (χ1) is 16.3. The van der Waals surface area contributed by atoms with Gasteiger partial charge in [-0.25, -0.2) is 0 Å². The molecule has 1 aromatic heterocycles. The first kappa shape index (κ1) is 22.8. The van der Waals surface area contributed by atoms with Gasteiger partial charge in [-0.1, -0.05) is 51.8 Å². The molecule has 0 bridgehead atoms. The van der Waals surface area contributed by atoms with Crippen molar-refractivity contribution in [3.8, 4) is 0 Å². The van der Waals surface area contributed by atoms with E-state index in [0.29, 0.717) is 26.7 Å². The lowest BCUT2D eigenvalue weighted by molar-refractivity contribution is 0.0650. The number of hydrogen-bond acceptors (Lipinski definition) is 4. The van der Waals surface area contributed by atoms with Crippen molar-refractivity contribution in [3.63, 3.8) is 0 Å². The maximum absolute atomic E-state index is 13.9. The van der Waals surface area contributed by atoms with E-state index in [2.05, 4.69) is 15.9 Å². The van der Waals surface area contributed by atoms with Gasteiger partial charge in [0.2, 0.25) is 0 Å². The van der Waals surface area contributed by atoms with Crippen molar-refractivity contribution in [3.05, 3.63) is 97.3 Å². The van der Waals surface area contributed by atoms with Crippen LogP contribution in [0.5, 0.6) is 0 Å². The van der Waals surface area contributed by atoms with Crippen molar-refractivity contribution in [1.29, 1.82) is 0 Å². The van der Waals surface area contributed by atoms with E-state index in [9.17, 15) is 14.4 Å². The maximum atomic E-state index is 13.9. The summed E-state index contributed by atoms with van der Waals surface area (Å²) in [5.74, 6) is -1.22. The second-order valence-electron chi connectivity index (χ2n) is 8.11. The van der Waals surface area contributed by atoms with Crippen LogP contribution in [0.15, 0.2) is 65.1 Å². The number of rotatable bonds is 4. The van der Waals surface area contributed by atoms with Crippen LogP contribution in [-0.2, 0) is 0 Å². The van der Waals surface area contributed by atoms with Crippen molar-refractivity contribution in [1.82, 2.24) is 4.90 Å². The lowest BCUT2D eigenvalue weighted by atomic mass is 10.1. The van der Waals surface area contributed by atoms with Crippen molar-refractivity contribution < 1.29 is 14.4 Å². The molecule has 0 spiro atoms. The van der Waals surface area contributed by atoms with E-state index in [1.54, 1.807) is 24.3 Å². The normalized spacial score (nSPS) is 13.0.